The van der Waals surface area contributed by atoms with Crippen molar-refractivity contribution in [2.45, 2.75) is 26.7 Å². The lowest BCUT2D eigenvalue weighted by Gasteiger charge is -2.10. The lowest BCUT2D eigenvalue weighted by molar-refractivity contribution is 0.151. The van der Waals surface area contributed by atoms with Gasteiger partial charge in [-0.05, 0) is 12.3 Å². The second-order valence-electron chi connectivity index (χ2n) is 5.34. The van der Waals surface area contributed by atoms with E-state index in [4.69, 9.17) is 0 Å². The molecule has 0 aliphatic heterocycles. The zero-order valence-corrected chi connectivity index (χ0v) is 12.4. The SMILES string of the molecule is CNc1cc(CC(C)C)nc(-c2ccc(C(F)F)cc2)n1. The van der Waals surface area contributed by atoms with Gasteiger partial charge < -0.3 is 5.32 Å². The molecule has 3 nitrogen and oxygen atoms in total. The maximum atomic E-state index is 12.6. The van der Waals surface area contributed by atoms with Gasteiger partial charge in [-0.15, -0.1) is 0 Å². The van der Waals surface area contributed by atoms with Crippen LogP contribution in [0.3, 0.4) is 0 Å². The van der Waals surface area contributed by atoms with Crippen LogP contribution in [0.25, 0.3) is 11.4 Å². The van der Waals surface area contributed by atoms with Crippen LogP contribution in [-0.2, 0) is 6.42 Å². The number of nitrogens with one attached hydrogen (secondary N) is 1. The highest BCUT2D eigenvalue weighted by Gasteiger charge is 2.10. The molecule has 0 fully saturated rings. The summed E-state index contributed by atoms with van der Waals surface area (Å²) in [5.41, 5.74) is 1.68. The van der Waals surface area contributed by atoms with Crippen LogP contribution in [0, 0.1) is 5.92 Å². The molecule has 0 bridgehead atoms. The van der Waals surface area contributed by atoms with Gasteiger partial charge in [0, 0.05) is 29.9 Å². The largest absolute Gasteiger partial charge is 0.373 e. The summed E-state index contributed by atoms with van der Waals surface area (Å²) in [5, 5.41) is 3.01. The number of halogens is 2. The molecular weight excluding hydrogens is 272 g/mol. The molecule has 21 heavy (non-hydrogen) atoms. The number of nitrogens with zero attached hydrogens (tertiary/aromatic N) is 2. The molecule has 0 spiro atoms. The van der Waals surface area contributed by atoms with Crippen molar-refractivity contribution in [2.75, 3.05) is 12.4 Å². The van der Waals surface area contributed by atoms with Gasteiger partial charge >= 0.3 is 0 Å². The number of hydrogen-bond acceptors (Lipinski definition) is 3. The molecule has 0 amide bonds. The maximum absolute atomic E-state index is 12.6. The summed E-state index contributed by atoms with van der Waals surface area (Å²) in [4.78, 5) is 8.92. The summed E-state index contributed by atoms with van der Waals surface area (Å²) in [6, 6.07) is 8.01. The Morgan fingerprint density at radius 3 is 2.29 bits per heavy atom. The minimum Gasteiger partial charge on any atom is -0.373 e. The normalized spacial score (nSPS) is 11.2. The topological polar surface area (TPSA) is 37.8 Å². The smallest absolute Gasteiger partial charge is 0.263 e. The maximum Gasteiger partial charge on any atom is 0.263 e. The van der Waals surface area contributed by atoms with E-state index >= 15 is 0 Å². The third-order valence-electron chi connectivity index (χ3n) is 3.07. The zero-order valence-electron chi connectivity index (χ0n) is 12.4. The van der Waals surface area contributed by atoms with E-state index in [2.05, 4.69) is 29.1 Å². The van der Waals surface area contributed by atoms with Crippen LogP contribution in [0.4, 0.5) is 14.6 Å². The predicted octanol–water partition coefficient (Wildman–Crippen LogP) is 4.32. The third-order valence-corrected chi connectivity index (χ3v) is 3.07. The van der Waals surface area contributed by atoms with Gasteiger partial charge in [0.05, 0.1) is 0 Å². The van der Waals surface area contributed by atoms with Crippen LogP contribution in [0.2, 0.25) is 0 Å². The number of alkyl halides is 2. The van der Waals surface area contributed by atoms with E-state index in [9.17, 15) is 8.78 Å². The van der Waals surface area contributed by atoms with E-state index in [0.29, 0.717) is 11.7 Å². The molecule has 0 aliphatic carbocycles. The molecule has 0 saturated carbocycles. The van der Waals surface area contributed by atoms with Crippen molar-refractivity contribution in [3.63, 3.8) is 0 Å². The Labute approximate surface area is 123 Å². The molecule has 2 rings (SSSR count). The molecule has 0 unspecified atom stereocenters. The number of aromatic nitrogens is 2. The summed E-state index contributed by atoms with van der Waals surface area (Å²) < 4.78 is 25.2. The summed E-state index contributed by atoms with van der Waals surface area (Å²) in [6.45, 7) is 4.25. The Morgan fingerprint density at radius 1 is 1.10 bits per heavy atom. The first-order chi connectivity index (χ1) is 9.99. The van der Waals surface area contributed by atoms with Gasteiger partial charge in [-0.3, -0.25) is 0 Å². The summed E-state index contributed by atoms with van der Waals surface area (Å²) >= 11 is 0. The van der Waals surface area contributed by atoms with E-state index in [1.165, 1.54) is 12.1 Å². The first-order valence-corrected chi connectivity index (χ1v) is 6.93. The molecular formula is C16H19F2N3. The van der Waals surface area contributed by atoms with Crippen molar-refractivity contribution in [2.24, 2.45) is 5.92 Å². The van der Waals surface area contributed by atoms with E-state index in [-0.39, 0.29) is 5.56 Å². The second kappa shape index (κ2) is 6.61. The molecule has 1 aromatic carbocycles. The van der Waals surface area contributed by atoms with Crippen LogP contribution < -0.4 is 5.32 Å². The Hall–Kier alpha value is -2.04. The van der Waals surface area contributed by atoms with Gasteiger partial charge in [0.2, 0.25) is 0 Å². The van der Waals surface area contributed by atoms with Crippen LogP contribution in [-0.4, -0.2) is 17.0 Å². The van der Waals surface area contributed by atoms with Crippen molar-refractivity contribution in [1.82, 2.24) is 9.97 Å². The number of rotatable bonds is 5. The number of hydrogen-bond donors (Lipinski definition) is 1. The number of anilines is 1. The van der Waals surface area contributed by atoms with Gasteiger partial charge in [-0.1, -0.05) is 38.1 Å². The van der Waals surface area contributed by atoms with Crippen molar-refractivity contribution in [1.29, 1.82) is 0 Å². The van der Waals surface area contributed by atoms with Gasteiger partial charge in [-0.2, -0.15) is 0 Å². The number of benzene rings is 1. The molecule has 112 valence electrons. The van der Waals surface area contributed by atoms with Crippen molar-refractivity contribution in [3.8, 4) is 11.4 Å². The molecule has 5 heteroatoms. The Kier molecular flexibility index (Phi) is 4.83. The zero-order chi connectivity index (χ0) is 15.4. The summed E-state index contributed by atoms with van der Waals surface area (Å²) in [6.07, 6.45) is -1.61. The molecule has 0 atom stereocenters. The Bertz CT molecular complexity index is 595. The van der Waals surface area contributed by atoms with Crippen LogP contribution >= 0.6 is 0 Å². The van der Waals surface area contributed by atoms with E-state index in [1.807, 2.05) is 6.07 Å². The molecule has 0 saturated heterocycles. The monoisotopic (exact) mass is 291 g/mol. The Morgan fingerprint density at radius 2 is 1.76 bits per heavy atom. The molecule has 1 heterocycles. The van der Waals surface area contributed by atoms with Crippen LogP contribution in [0.15, 0.2) is 30.3 Å². The van der Waals surface area contributed by atoms with Gasteiger partial charge in [-0.25, -0.2) is 18.7 Å². The first kappa shape index (κ1) is 15.4. The van der Waals surface area contributed by atoms with Gasteiger partial charge in [0.15, 0.2) is 5.82 Å². The minimum absolute atomic E-state index is 0.00549. The summed E-state index contributed by atoms with van der Waals surface area (Å²) in [7, 11) is 1.80. The lowest BCUT2D eigenvalue weighted by Crippen LogP contribution is -2.03. The van der Waals surface area contributed by atoms with Crippen molar-refractivity contribution < 1.29 is 8.78 Å². The van der Waals surface area contributed by atoms with Gasteiger partial charge in [0.1, 0.15) is 5.82 Å². The standard InChI is InChI=1S/C16H19F2N3/c1-10(2)8-13-9-14(19-3)21-16(20-13)12-6-4-11(5-7-12)15(17)18/h4-7,9-10,15H,8H2,1-3H3,(H,19,20,21). The molecule has 2 aromatic rings. The van der Waals surface area contributed by atoms with Crippen LogP contribution in [0.1, 0.15) is 31.5 Å². The fraction of sp³-hybridized carbons (Fsp3) is 0.375. The van der Waals surface area contributed by atoms with E-state index < -0.39 is 6.43 Å². The molecule has 0 aliphatic rings. The van der Waals surface area contributed by atoms with Crippen molar-refractivity contribution in [3.05, 3.63) is 41.6 Å². The van der Waals surface area contributed by atoms with E-state index in [1.54, 1.807) is 19.2 Å². The average Bonchev–Trinajstić information content (AvgIpc) is 2.46. The fourth-order valence-corrected chi connectivity index (χ4v) is 2.06. The third kappa shape index (κ3) is 3.97. The fourth-order valence-electron chi connectivity index (χ4n) is 2.06. The van der Waals surface area contributed by atoms with E-state index in [0.717, 1.165) is 23.5 Å². The average molecular weight is 291 g/mol. The van der Waals surface area contributed by atoms with Crippen LogP contribution in [0.5, 0.6) is 0 Å². The lowest BCUT2D eigenvalue weighted by atomic mass is 10.1. The first-order valence-electron chi connectivity index (χ1n) is 6.93. The highest BCUT2D eigenvalue weighted by atomic mass is 19.3. The molecule has 0 radical (unpaired) electrons. The van der Waals surface area contributed by atoms with Gasteiger partial charge in [0.25, 0.3) is 6.43 Å². The molecule has 1 N–H and O–H groups in total. The quantitative estimate of drug-likeness (QED) is 0.891. The predicted molar refractivity (Wildman–Crippen MR) is 80.5 cm³/mol. The second-order valence-corrected chi connectivity index (χ2v) is 5.34. The highest BCUT2D eigenvalue weighted by molar-refractivity contribution is 5.58. The highest BCUT2D eigenvalue weighted by Crippen LogP contribution is 2.23. The summed E-state index contributed by atoms with van der Waals surface area (Å²) in [5.74, 6) is 1.77. The molecule has 1 aromatic heterocycles. The van der Waals surface area contributed by atoms with Crippen molar-refractivity contribution >= 4 is 5.82 Å². The minimum atomic E-state index is -2.46. The Balaban J connectivity index is 2.37.